The third-order valence-electron chi connectivity index (χ3n) is 7.59. The molecule has 0 fully saturated rings. The number of amides is 2. The highest BCUT2D eigenvalue weighted by atomic mass is 32.2. The van der Waals surface area contributed by atoms with Gasteiger partial charge in [0.25, 0.3) is 0 Å². The number of pyridine rings is 1. The van der Waals surface area contributed by atoms with E-state index in [9.17, 15) is 18.0 Å². The van der Waals surface area contributed by atoms with Crippen LogP contribution in [0.1, 0.15) is 49.4 Å². The predicted octanol–water partition coefficient (Wildman–Crippen LogP) is 5.09. The van der Waals surface area contributed by atoms with E-state index in [1.807, 2.05) is 48.5 Å². The van der Waals surface area contributed by atoms with Gasteiger partial charge >= 0.3 is 0 Å². The maximum absolute atomic E-state index is 14.1. The zero-order valence-corrected chi connectivity index (χ0v) is 24.7. The summed E-state index contributed by atoms with van der Waals surface area (Å²) in [6.45, 7) is 3.28. The van der Waals surface area contributed by atoms with Gasteiger partial charge in [-0.15, -0.1) is 0 Å². The number of rotatable bonds is 4. The van der Waals surface area contributed by atoms with Gasteiger partial charge in [-0.25, -0.2) is 13.4 Å². The van der Waals surface area contributed by atoms with Crippen molar-refractivity contribution in [3.63, 3.8) is 0 Å². The standard InChI is InChI=1S/C32H35N5O4S/c1-20(2)42(40,41)28-14-12-25-18-24(28)19-37(3)32(39)30(22-9-7-21(8-10-22)5-4-6-29(38)35-25)36-26-11-13-27-23(17-26)15-16-34-31(27)33/h7-18,20,30,36H,4-6,19H2,1-3H3,(H2,33,34)(H,35,38)/t30-/m1/s1. The van der Waals surface area contributed by atoms with Gasteiger partial charge in [0.15, 0.2) is 9.84 Å². The molecule has 1 atom stereocenters. The minimum Gasteiger partial charge on any atom is -0.383 e. The van der Waals surface area contributed by atoms with E-state index in [1.165, 1.54) is 11.0 Å². The molecular weight excluding hydrogens is 550 g/mol. The zero-order chi connectivity index (χ0) is 30.0. The van der Waals surface area contributed by atoms with E-state index in [0.29, 0.717) is 36.3 Å². The number of nitrogens with one attached hydrogen (secondary N) is 2. The van der Waals surface area contributed by atoms with Gasteiger partial charge in [0, 0.05) is 43.0 Å². The molecule has 2 amide bonds. The number of aromatic nitrogens is 1. The van der Waals surface area contributed by atoms with Crippen molar-refractivity contribution < 1.29 is 18.0 Å². The third-order valence-corrected chi connectivity index (χ3v) is 9.84. The van der Waals surface area contributed by atoms with Crippen LogP contribution in [0.25, 0.3) is 10.8 Å². The van der Waals surface area contributed by atoms with Gasteiger partial charge in [-0.3, -0.25) is 9.59 Å². The van der Waals surface area contributed by atoms with E-state index < -0.39 is 21.1 Å². The first-order valence-electron chi connectivity index (χ1n) is 13.9. The van der Waals surface area contributed by atoms with E-state index in [1.54, 1.807) is 39.2 Å². The molecule has 6 rings (SSSR count). The minimum absolute atomic E-state index is 0.0278. The maximum atomic E-state index is 14.1. The molecule has 2 aliphatic heterocycles. The van der Waals surface area contributed by atoms with Gasteiger partial charge in [-0.1, -0.05) is 24.3 Å². The van der Waals surface area contributed by atoms with Crippen LogP contribution in [0.5, 0.6) is 0 Å². The van der Waals surface area contributed by atoms with Crippen LogP contribution in [0, 0.1) is 0 Å². The number of carbonyl (C=O) groups is 2. The summed E-state index contributed by atoms with van der Waals surface area (Å²) in [6.07, 6.45) is 3.32. The molecule has 3 heterocycles. The average Bonchev–Trinajstić information content (AvgIpc) is 2.95. The molecule has 218 valence electrons. The van der Waals surface area contributed by atoms with Crippen molar-refractivity contribution in [2.75, 3.05) is 23.4 Å². The number of nitrogens with zero attached hydrogens (tertiary/aromatic N) is 2. The molecule has 0 spiro atoms. The highest BCUT2D eigenvalue weighted by Crippen LogP contribution is 2.30. The van der Waals surface area contributed by atoms with Crippen LogP contribution in [0.3, 0.4) is 0 Å². The number of anilines is 3. The Labute approximate surface area is 246 Å². The molecule has 42 heavy (non-hydrogen) atoms. The van der Waals surface area contributed by atoms with Crippen molar-refractivity contribution in [3.05, 3.63) is 89.6 Å². The Morgan fingerprint density at radius 1 is 1.00 bits per heavy atom. The molecule has 4 N–H and O–H groups in total. The summed E-state index contributed by atoms with van der Waals surface area (Å²) in [5.74, 6) is 0.0398. The Morgan fingerprint density at radius 3 is 2.50 bits per heavy atom. The topological polar surface area (TPSA) is 134 Å². The highest BCUT2D eigenvalue weighted by Gasteiger charge is 2.28. The zero-order valence-electron chi connectivity index (χ0n) is 23.9. The Kier molecular flexibility index (Phi) is 8.17. The predicted molar refractivity (Wildman–Crippen MR) is 166 cm³/mol. The molecule has 0 aliphatic carbocycles. The molecule has 1 aromatic heterocycles. The smallest absolute Gasteiger partial charge is 0.249 e. The van der Waals surface area contributed by atoms with Crippen molar-refractivity contribution in [1.29, 1.82) is 0 Å². The number of hydrogen-bond acceptors (Lipinski definition) is 7. The Morgan fingerprint density at radius 2 is 1.76 bits per heavy atom. The van der Waals surface area contributed by atoms with Crippen LogP contribution in [0.2, 0.25) is 0 Å². The van der Waals surface area contributed by atoms with E-state index in [-0.39, 0.29) is 23.3 Å². The van der Waals surface area contributed by atoms with Gasteiger partial charge in [0.05, 0.1) is 10.1 Å². The molecule has 0 saturated carbocycles. The van der Waals surface area contributed by atoms with Crippen LogP contribution in [-0.4, -0.2) is 42.4 Å². The lowest BCUT2D eigenvalue weighted by molar-refractivity contribution is -0.131. The molecule has 9 nitrogen and oxygen atoms in total. The first-order valence-corrected chi connectivity index (χ1v) is 15.5. The van der Waals surface area contributed by atoms with Crippen LogP contribution in [0.4, 0.5) is 17.2 Å². The largest absolute Gasteiger partial charge is 0.383 e. The molecule has 0 saturated heterocycles. The lowest BCUT2D eigenvalue weighted by atomic mass is 10.00. The number of fused-ring (bicyclic) bond motifs is 10. The summed E-state index contributed by atoms with van der Waals surface area (Å²) >= 11 is 0. The second-order valence-corrected chi connectivity index (χ2v) is 13.4. The summed E-state index contributed by atoms with van der Waals surface area (Å²) in [5, 5.41) is 7.34. The number of sulfone groups is 1. The van der Waals surface area contributed by atoms with Gasteiger partial charge in [-0.2, -0.15) is 0 Å². The first kappa shape index (κ1) is 29.1. The molecule has 0 unspecified atom stereocenters. The molecule has 10 heteroatoms. The number of hydrogen-bond donors (Lipinski definition) is 3. The number of aryl methyl sites for hydroxylation is 1. The van der Waals surface area contributed by atoms with Crippen LogP contribution in [-0.2, 0) is 32.4 Å². The van der Waals surface area contributed by atoms with Gasteiger partial charge in [0.1, 0.15) is 11.9 Å². The summed E-state index contributed by atoms with van der Waals surface area (Å²) in [6, 6.07) is 19.3. The molecule has 4 aromatic rings. The number of carbonyl (C=O) groups excluding carboxylic acids is 2. The monoisotopic (exact) mass is 585 g/mol. The summed E-state index contributed by atoms with van der Waals surface area (Å²) in [4.78, 5) is 32.6. The van der Waals surface area contributed by atoms with Gasteiger partial charge < -0.3 is 21.3 Å². The van der Waals surface area contributed by atoms with Gasteiger partial charge in [-0.05, 0) is 91.2 Å². The third kappa shape index (κ3) is 6.08. The lowest BCUT2D eigenvalue weighted by Crippen LogP contribution is -2.35. The van der Waals surface area contributed by atoms with E-state index in [0.717, 1.165) is 27.6 Å². The van der Waals surface area contributed by atoms with Crippen molar-refractivity contribution >= 4 is 49.6 Å². The lowest BCUT2D eigenvalue weighted by Gasteiger charge is -2.27. The number of benzene rings is 3. The van der Waals surface area contributed by atoms with Crippen molar-refractivity contribution in [2.24, 2.45) is 0 Å². The Balaban J connectivity index is 1.56. The van der Waals surface area contributed by atoms with Crippen LogP contribution >= 0.6 is 0 Å². The highest BCUT2D eigenvalue weighted by molar-refractivity contribution is 7.92. The van der Waals surface area contributed by atoms with E-state index in [2.05, 4.69) is 15.6 Å². The second kappa shape index (κ2) is 11.8. The van der Waals surface area contributed by atoms with Crippen molar-refractivity contribution in [3.8, 4) is 0 Å². The molecule has 0 radical (unpaired) electrons. The first-order chi connectivity index (χ1) is 20.0. The Hall–Kier alpha value is -4.44. The van der Waals surface area contributed by atoms with E-state index in [4.69, 9.17) is 5.73 Å². The van der Waals surface area contributed by atoms with Crippen LogP contribution in [0.15, 0.2) is 77.8 Å². The quantitative estimate of drug-likeness (QED) is 0.304. The Bertz CT molecular complexity index is 1750. The SMILES string of the molecule is CC(C)S(=O)(=O)c1ccc2cc1CN(C)C(=O)[C@H](Nc1ccc3c(N)nccc3c1)c1ccc(cc1)CCCC(=O)N2. The number of likely N-dealkylation sites (N-methyl/N-ethyl adjacent to an activating group) is 1. The molecule has 2 aliphatic rings. The number of nitrogen functional groups attached to an aromatic ring is 1. The van der Waals surface area contributed by atoms with Crippen molar-refractivity contribution in [1.82, 2.24) is 9.88 Å². The molecular formula is C32H35N5O4S. The summed E-state index contributed by atoms with van der Waals surface area (Å²) in [5.41, 5.74) is 9.52. The summed E-state index contributed by atoms with van der Waals surface area (Å²) < 4.78 is 26.5. The van der Waals surface area contributed by atoms with Crippen molar-refractivity contribution in [2.45, 2.75) is 55.8 Å². The number of nitrogens with two attached hydrogens (primary N) is 1. The van der Waals surface area contributed by atoms with Crippen LogP contribution < -0.4 is 16.4 Å². The maximum Gasteiger partial charge on any atom is 0.249 e. The molecule has 3 aromatic carbocycles. The fourth-order valence-corrected chi connectivity index (χ4v) is 6.42. The summed E-state index contributed by atoms with van der Waals surface area (Å²) in [7, 11) is -2.00. The fourth-order valence-electron chi connectivity index (χ4n) is 5.16. The van der Waals surface area contributed by atoms with E-state index >= 15 is 0 Å². The minimum atomic E-state index is -3.65. The fraction of sp³-hybridized carbons (Fsp3) is 0.281. The molecule has 4 bridgehead atoms. The normalized spacial score (nSPS) is 16.6. The average molecular weight is 586 g/mol. The van der Waals surface area contributed by atoms with Gasteiger partial charge in [0.2, 0.25) is 11.8 Å². The second-order valence-electron chi connectivity index (χ2n) is 11.0.